The fraction of sp³-hybridized carbons (Fsp3) is 0.0741. The molecule has 0 radical (unpaired) electrons. The summed E-state index contributed by atoms with van der Waals surface area (Å²) in [6, 6.07) is 20.2. The molecular formula is C27H20F2N4O2. The molecule has 35 heavy (non-hydrogen) atoms. The lowest BCUT2D eigenvalue weighted by Crippen LogP contribution is -2.32. The van der Waals surface area contributed by atoms with Crippen LogP contribution in [-0.4, -0.2) is 20.7 Å². The zero-order chi connectivity index (χ0) is 24.4. The Kier molecular flexibility index (Phi) is 5.93. The summed E-state index contributed by atoms with van der Waals surface area (Å²) in [4.78, 5) is 25.6. The lowest BCUT2D eigenvalue weighted by Gasteiger charge is -2.10. The number of hydrogen-bond acceptors (Lipinski definition) is 3. The summed E-state index contributed by atoms with van der Waals surface area (Å²) in [5.74, 6) is -2.46. The van der Waals surface area contributed by atoms with E-state index in [1.165, 1.54) is 22.9 Å². The van der Waals surface area contributed by atoms with Crippen molar-refractivity contribution in [1.29, 1.82) is 0 Å². The number of halogens is 2. The molecule has 2 heterocycles. The van der Waals surface area contributed by atoms with Crippen LogP contribution in [0.2, 0.25) is 0 Å². The highest BCUT2D eigenvalue weighted by atomic mass is 19.2. The van der Waals surface area contributed by atoms with Gasteiger partial charge in [0, 0.05) is 18.1 Å². The molecule has 0 saturated carbocycles. The molecule has 5 rings (SSSR count). The van der Waals surface area contributed by atoms with Crippen molar-refractivity contribution in [3.8, 4) is 11.1 Å². The van der Waals surface area contributed by atoms with E-state index in [0.29, 0.717) is 5.56 Å². The molecule has 2 N–H and O–H groups in total. The van der Waals surface area contributed by atoms with Crippen molar-refractivity contribution in [1.82, 2.24) is 20.1 Å². The first-order chi connectivity index (χ1) is 17.0. The molecule has 0 aliphatic heterocycles. The third-order valence-corrected chi connectivity index (χ3v) is 5.76. The number of H-pyrrole nitrogens is 1. The van der Waals surface area contributed by atoms with Crippen molar-refractivity contribution in [3.05, 3.63) is 124 Å². The number of carbonyl (C=O) groups excluding carboxylic acids is 1. The van der Waals surface area contributed by atoms with Crippen LogP contribution in [0.1, 0.15) is 21.5 Å². The van der Waals surface area contributed by atoms with Gasteiger partial charge in [0.1, 0.15) is 5.56 Å². The monoisotopic (exact) mass is 470 g/mol. The van der Waals surface area contributed by atoms with E-state index in [9.17, 15) is 18.4 Å². The zero-order valence-electron chi connectivity index (χ0n) is 18.5. The number of aromatic nitrogens is 3. The molecule has 5 aromatic rings. The third kappa shape index (κ3) is 4.72. The molecule has 0 spiro atoms. The number of rotatable bonds is 6. The summed E-state index contributed by atoms with van der Waals surface area (Å²) < 4.78 is 28.0. The third-order valence-electron chi connectivity index (χ3n) is 5.76. The van der Waals surface area contributed by atoms with Crippen LogP contribution in [0.25, 0.3) is 22.0 Å². The van der Waals surface area contributed by atoms with Crippen molar-refractivity contribution in [2.24, 2.45) is 0 Å². The maximum Gasteiger partial charge on any atom is 0.263 e. The van der Waals surface area contributed by atoms with Gasteiger partial charge in [0.2, 0.25) is 0 Å². The Labute approximate surface area is 198 Å². The molecule has 0 atom stereocenters. The number of benzene rings is 3. The second kappa shape index (κ2) is 9.34. The van der Waals surface area contributed by atoms with Crippen LogP contribution in [0, 0.1) is 11.6 Å². The van der Waals surface area contributed by atoms with Crippen LogP contribution in [0.5, 0.6) is 0 Å². The van der Waals surface area contributed by atoms with Gasteiger partial charge in [-0.25, -0.2) is 8.78 Å². The smallest absolute Gasteiger partial charge is 0.263 e. The van der Waals surface area contributed by atoms with Crippen LogP contribution in [0.15, 0.2) is 90.0 Å². The largest absolute Gasteiger partial charge is 0.348 e. The Hall–Kier alpha value is -4.59. The van der Waals surface area contributed by atoms with Gasteiger partial charge in [-0.3, -0.25) is 14.7 Å². The molecule has 2 aromatic heterocycles. The van der Waals surface area contributed by atoms with Gasteiger partial charge in [0.05, 0.1) is 18.3 Å². The van der Waals surface area contributed by atoms with E-state index in [0.717, 1.165) is 39.7 Å². The molecule has 6 nitrogen and oxygen atoms in total. The molecule has 174 valence electrons. The molecule has 0 saturated heterocycles. The molecule has 3 aromatic carbocycles. The number of aromatic amines is 1. The fourth-order valence-electron chi connectivity index (χ4n) is 3.92. The van der Waals surface area contributed by atoms with Gasteiger partial charge >= 0.3 is 0 Å². The fourth-order valence-corrected chi connectivity index (χ4v) is 3.92. The number of pyridine rings is 1. The van der Waals surface area contributed by atoms with Crippen LogP contribution in [0.3, 0.4) is 0 Å². The Bertz CT molecular complexity index is 1610. The molecule has 1 amide bonds. The SMILES string of the molecule is O=C(NCc1cccc(-c2ccc3cn[nH]c3c2)c1)c1cccn(Cc2ccc(F)c(F)c2)c1=O. The number of nitrogens with one attached hydrogen (secondary N) is 2. The molecule has 0 aliphatic carbocycles. The average molecular weight is 470 g/mol. The van der Waals surface area contributed by atoms with Gasteiger partial charge in [0.25, 0.3) is 11.5 Å². The number of nitrogens with zero attached hydrogens (tertiary/aromatic N) is 2. The highest BCUT2D eigenvalue weighted by molar-refractivity contribution is 5.93. The molecular weight excluding hydrogens is 450 g/mol. The van der Waals surface area contributed by atoms with E-state index in [1.807, 2.05) is 42.5 Å². The Morgan fingerprint density at radius 3 is 2.63 bits per heavy atom. The van der Waals surface area contributed by atoms with E-state index >= 15 is 0 Å². The number of hydrogen-bond donors (Lipinski definition) is 2. The maximum atomic E-state index is 13.5. The van der Waals surface area contributed by atoms with Crippen LogP contribution in [0.4, 0.5) is 8.78 Å². The van der Waals surface area contributed by atoms with Crippen molar-refractivity contribution < 1.29 is 13.6 Å². The number of amides is 1. The van der Waals surface area contributed by atoms with E-state index < -0.39 is 23.1 Å². The van der Waals surface area contributed by atoms with E-state index in [4.69, 9.17) is 0 Å². The topological polar surface area (TPSA) is 79.8 Å². The highest BCUT2D eigenvalue weighted by Gasteiger charge is 2.13. The normalized spacial score (nSPS) is 11.0. The lowest BCUT2D eigenvalue weighted by atomic mass is 10.0. The summed E-state index contributed by atoms with van der Waals surface area (Å²) in [7, 11) is 0. The molecule has 0 aliphatic rings. The van der Waals surface area contributed by atoms with Crippen molar-refractivity contribution >= 4 is 16.8 Å². The zero-order valence-corrected chi connectivity index (χ0v) is 18.5. The van der Waals surface area contributed by atoms with Gasteiger partial charge in [0.15, 0.2) is 11.6 Å². The standard InChI is InChI=1S/C27H20F2N4O2/c28-23-9-6-18(12-24(23)29)16-33-10-2-5-22(27(33)35)26(34)30-14-17-3-1-4-19(11-17)20-7-8-21-15-31-32-25(21)13-20/h1-13,15H,14,16H2,(H,30,34)(H,31,32). The summed E-state index contributed by atoms with van der Waals surface area (Å²) in [5, 5.41) is 10.8. The summed E-state index contributed by atoms with van der Waals surface area (Å²) in [6.45, 7) is 0.246. The lowest BCUT2D eigenvalue weighted by molar-refractivity contribution is 0.0949. The van der Waals surface area contributed by atoms with E-state index in [1.54, 1.807) is 12.3 Å². The van der Waals surface area contributed by atoms with E-state index in [2.05, 4.69) is 15.5 Å². The first kappa shape index (κ1) is 22.2. The number of carbonyl (C=O) groups is 1. The predicted molar refractivity (Wildman–Crippen MR) is 129 cm³/mol. The quantitative estimate of drug-likeness (QED) is 0.379. The molecule has 0 unspecified atom stereocenters. The Morgan fingerprint density at radius 1 is 0.914 bits per heavy atom. The summed E-state index contributed by atoms with van der Waals surface area (Å²) >= 11 is 0. The van der Waals surface area contributed by atoms with Gasteiger partial charge in [-0.1, -0.05) is 36.4 Å². The first-order valence-corrected chi connectivity index (χ1v) is 10.9. The summed E-state index contributed by atoms with van der Waals surface area (Å²) in [5.41, 5.74) is 3.67. The second-order valence-electron chi connectivity index (χ2n) is 8.16. The van der Waals surface area contributed by atoms with Crippen molar-refractivity contribution in [2.45, 2.75) is 13.1 Å². The Morgan fingerprint density at radius 2 is 1.77 bits per heavy atom. The van der Waals surface area contributed by atoms with Crippen LogP contribution < -0.4 is 10.9 Å². The van der Waals surface area contributed by atoms with Gasteiger partial charge < -0.3 is 9.88 Å². The van der Waals surface area contributed by atoms with Crippen molar-refractivity contribution in [3.63, 3.8) is 0 Å². The van der Waals surface area contributed by atoms with Gasteiger partial charge in [-0.15, -0.1) is 0 Å². The Balaban J connectivity index is 1.30. The van der Waals surface area contributed by atoms with Gasteiger partial charge in [-0.2, -0.15) is 5.10 Å². The minimum atomic E-state index is -0.990. The average Bonchev–Trinajstić information content (AvgIpc) is 3.34. The minimum Gasteiger partial charge on any atom is -0.348 e. The highest BCUT2D eigenvalue weighted by Crippen LogP contribution is 2.24. The predicted octanol–water partition coefficient (Wildman–Crippen LogP) is 4.65. The number of fused-ring (bicyclic) bond motifs is 1. The first-order valence-electron chi connectivity index (χ1n) is 10.9. The summed E-state index contributed by atoms with van der Waals surface area (Å²) in [6.07, 6.45) is 3.26. The van der Waals surface area contributed by atoms with Crippen molar-refractivity contribution in [2.75, 3.05) is 0 Å². The maximum absolute atomic E-state index is 13.5. The second-order valence-corrected chi connectivity index (χ2v) is 8.16. The van der Waals surface area contributed by atoms with Crippen LogP contribution >= 0.6 is 0 Å². The molecule has 0 fully saturated rings. The molecule has 8 heteroatoms. The van der Waals surface area contributed by atoms with E-state index in [-0.39, 0.29) is 18.7 Å². The minimum absolute atomic E-state index is 0.0138. The molecule has 0 bridgehead atoms. The van der Waals surface area contributed by atoms with Gasteiger partial charge in [-0.05, 0) is 58.7 Å². The van der Waals surface area contributed by atoms with Crippen LogP contribution in [-0.2, 0) is 13.1 Å².